The van der Waals surface area contributed by atoms with Crippen LogP contribution in [0.15, 0.2) is 29.2 Å². The lowest BCUT2D eigenvalue weighted by Gasteiger charge is -2.37. The summed E-state index contributed by atoms with van der Waals surface area (Å²) >= 11 is 1.78. The van der Waals surface area contributed by atoms with Crippen LogP contribution in [0.25, 0.3) is 0 Å². The van der Waals surface area contributed by atoms with Crippen molar-refractivity contribution in [2.24, 2.45) is 11.7 Å². The molecule has 2 N–H and O–H groups in total. The van der Waals surface area contributed by atoms with E-state index < -0.39 is 0 Å². The highest BCUT2D eigenvalue weighted by Gasteiger charge is 2.25. The highest BCUT2D eigenvalue weighted by Crippen LogP contribution is 2.27. The number of hydrogen-bond acceptors (Lipinski definition) is 4. The number of ether oxygens (including phenoxy) is 1. The zero-order valence-corrected chi connectivity index (χ0v) is 13.4. The number of benzene rings is 1. The van der Waals surface area contributed by atoms with Crippen LogP contribution in [0.4, 0.5) is 0 Å². The van der Waals surface area contributed by atoms with Gasteiger partial charge in [-0.2, -0.15) is 0 Å². The second kappa shape index (κ2) is 8.03. The quantitative estimate of drug-likeness (QED) is 0.819. The molecule has 20 heavy (non-hydrogen) atoms. The zero-order chi connectivity index (χ0) is 14.4. The first-order valence-electron chi connectivity index (χ1n) is 7.35. The standard InChI is InChI=1S/C16H26N2OS/c1-19-12-13-7-9-18(10-8-13)16(11-17)14-3-5-15(20-2)6-4-14/h3-6,13,16H,7-12,17H2,1-2H3. The number of rotatable bonds is 6. The Hall–Kier alpha value is -0.550. The van der Waals surface area contributed by atoms with Gasteiger partial charge in [0.25, 0.3) is 0 Å². The van der Waals surface area contributed by atoms with E-state index in [0.29, 0.717) is 18.5 Å². The fourth-order valence-electron chi connectivity index (χ4n) is 2.99. The molecule has 0 radical (unpaired) electrons. The van der Waals surface area contributed by atoms with E-state index in [4.69, 9.17) is 10.5 Å². The van der Waals surface area contributed by atoms with E-state index >= 15 is 0 Å². The fourth-order valence-corrected chi connectivity index (χ4v) is 3.40. The van der Waals surface area contributed by atoms with Crippen LogP contribution < -0.4 is 5.73 Å². The highest BCUT2D eigenvalue weighted by molar-refractivity contribution is 7.98. The molecule has 3 nitrogen and oxygen atoms in total. The van der Waals surface area contributed by atoms with E-state index in [0.717, 1.165) is 19.7 Å². The van der Waals surface area contributed by atoms with Gasteiger partial charge in [0.15, 0.2) is 0 Å². The van der Waals surface area contributed by atoms with Crippen molar-refractivity contribution in [3.8, 4) is 0 Å². The Morgan fingerprint density at radius 1 is 1.30 bits per heavy atom. The van der Waals surface area contributed by atoms with Crippen molar-refractivity contribution in [1.29, 1.82) is 0 Å². The number of thioether (sulfide) groups is 1. The van der Waals surface area contributed by atoms with Crippen LogP contribution in [0.1, 0.15) is 24.4 Å². The summed E-state index contributed by atoms with van der Waals surface area (Å²) in [5.74, 6) is 0.716. The Kier molecular flexibility index (Phi) is 6.36. The molecule has 2 rings (SSSR count). The van der Waals surface area contributed by atoms with Gasteiger partial charge in [-0.3, -0.25) is 4.90 Å². The van der Waals surface area contributed by atoms with Gasteiger partial charge in [0.05, 0.1) is 0 Å². The maximum atomic E-state index is 6.03. The van der Waals surface area contributed by atoms with Crippen LogP contribution in [0.5, 0.6) is 0 Å². The van der Waals surface area contributed by atoms with Gasteiger partial charge in [-0.25, -0.2) is 0 Å². The van der Waals surface area contributed by atoms with Gasteiger partial charge in [-0.05, 0) is 55.8 Å². The predicted molar refractivity (Wildman–Crippen MR) is 86.2 cm³/mol. The van der Waals surface area contributed by atoms with Gasteiger partial charge in [0.1, 0.15) is 0 Å². The molecule has 0 spiro atoms. The minimum Gasteiger partial charge on any atom is -0.384 e. The van der Waals surface area contributed by atoms with E-state index in [2.05, 4.69) is 35.4 Å². The first kappa shape index (κ1) is 15.8. The predicted octanol–water partition coefficient (Wildman–Crippen LogP) is 2.77. The van der Waals surface area contributed by atoms with Crippen LogP contribution in [0, 0.1) is 5.92 Å². The number of likely N-dealkylation sites (tertiary alicyclic amines) is 1. The summed E-state index contributed by atoms with van der Waals surface area (Å²) in [4.78, 5) is 3.84. The van der Waals surface area contributed by atoms with Gasteiger partial charge >= 0.3 is 0 Å². The highest BCUT2D eigenvalue weighted by atomic mass is 32.2. The van der Waals surface area contributed by atoms with Gasteiger partial charge in [0, 0.05) is 31.2 Å². The maximum absolute atomic E-state index is 6.03. The number of piperidine rings is 1. The summed E-state index contributed by atoms with van der Waals surface area (Å²) < 4.78 is 5.27. The van der Waals surface area contributed by atoms with Crippen molar-refractivity contribution in [2.45, 2.75) is 23.8 Å². The van der Waals surface area contributed by atoms with Crippen molar-refractivity contribution >= 4 is 11.8 Å². The number of nitrogens with two attached hydrogens (primary N) is 1. The third kappa shape index (κ3) is 3.98. The summed E-state index contributed by atoms with van der Waals surface area (Å²) in [5.41, 5.74) is 7.37. The lowest BCUT2D eigenvalue weighted by atomic mass is 9.95. The van der Waals surface area contributed by atoms with Crippen molar-refractivity contribution in [1.82, 2.24) is 4.90 Å². The van der Waals surface area contributed by atoms with Crippen LogP contribution in [0.2, 0.25) is 0 Å². The molecule has 1 aliphatic rings. The SMILES string of the molecule is COCC1CCN(C(CN)c2ccc(SC)cc2)CC1. The zero-order valence-electron chi connectivity index (χ0n) is 12.5. The number of nitrogens with zero attached hydrogens (tertiary/aromatic N) is 1. The largest absolute Gasteiger partial charge is 0.384 e. The molecule has 1 heterocycles. The number of hydrogen-bond donors (Lipinski definition) is 1. The van der Waals surface area contributed by atoms with Crippen molar-refractivity contribution in [2.75, 3.05) is 39.6 Å². The van der Waals surface area contributed by atoms with Crippen molar-refractivity contribution in [3.63, 3.8) is 0 Å². The molecule has 0 aromatic heterocycles. The Morgan fingerprint density at radius 3 is 2.45 bits per heavy atom. The van der Waals surface area contributed by atoms with Gasteiger partial charge in [-0.15, -0.1) is 11.8 Å². The summed E-state index contributed by atoms with van der Waals surface area (Å²) in [6, 6.07) is 9.20. The first-order chi connectivity index (χ1) is 9.78. The van der Waals surface area contributed by atoms with E-state index in [9.17, 15) is 0 Å². The van der Waals surface area contributed by atoms with Gasteiger partial charge in [-0.1, -0.05) is 12.1 Å². The summed E-state index contributed by atoms with van der Waals surface area (Å²) in [6.45, 7) is 3.83. The average molecular weight is 294 g/mol. The molecular weight excluding hydrogens is 268 g/mol. The monoisotopic (exact) mass is 294 g/mol. The third-order valence-electron chi connectivity index (χ3n) is 4.22. The second-order valence-corrected chi connectivity index (χ2v) is 6.34. The maximum Gasteiger partial charge on any atom is 0.0491 e. The van der Waals surface area contributed by atoms with E-state index in [-0.39, 0.29) is 0 Å². The lowest BCUT2D eigenvalue weighted by Crippen LogP contribution is -2.40. The summed E-state index contributed by atoms with van der Waals surface area (Å²) in [7, 11) is 1.79. The molecule has 1 saturated heterocycles. The molecule has 0 bridgehead atoms. The molecule has 1 aromatic carbocycles. The topological polar surface area (TPSA) is 38.5 Å². The fraction of sp³-hybridized carbons (Fsp3) is 0.625. The number of methoxy groups -OCH3 is 1. The second-order valence-electron chi connectivity index (χ2n) is 5.46. The summed E-state index contributed by atoms with van der Waals surface area (Å²) in [5, 5.41) is 0. The normalized spacial score (nSPS) is 19.1. The average Bonchev–Trinajstić information content (AvgIpc) is 2.51. The molecule has 4 heteroatoms. The van der Waals surface area contributed by atoms with Crippen LogP contribution in [-0.4, -0.2) is 44.5 Å². The van der Waals surface area contributed by atoms with Crippen molar-refractivity contribution in [3.05, 3.63) is 29.8 Å². The van der Waals surface area contributed by atoms with E-state index in [1.54, 1.807) is 18.9 Å². The lowest BCUT2D eigenvalue weighted by molar-refractivity contribution is 0.0810. The molecule has 1 unspecified atom stereocenters. The molecule has 1 atom stereocenters. The van der Waals surface area contributed by atoms with Crippen molar-refractivity contribution < 1.29 is 4.74 Å². The Bertz CT molecular complexity index is 388. The Morgan fingerprint density at radius 2 is 1.95 bits per heavy atom. The molecule has 0 aliphatic carbocycles. The van der Waals surface area contributed by atoms with E-state index in [1.165, 1.54) is 23.3 Å². The van der Waals surface area contributed by atoms with Crippen LogP contribution in [0.3, 0.4) is 0 Å². The minimum atomic E-state index is 0.356. The molecular formula is C16H26N2OS. The molecule has 1 fully saturated rings. The van der Waals surface area contributed by atoms with Gasteiger partial charge < -0.3 is 10.5 Å². The Balaban J connectivity index is 1.97. The minimum absolute atomic E-state index is 0.356. The first-order valence-corrected chi connectivity index (χ1v) is 8.58. The molecule has 112 valence electrons. The van der Waals surface area contributed by atoms with Gasteiger partial charge in [0.2, 0.25) is 0 Å². The molecule has 0 amide bonds. The van der Waals surface area contributed by atoms with Crippen LogP contribution in [-0.2, 0) is 4.74 Å². The Labute approximate surface area is 126 Å². The van der Waals surface area contributed by atoms with Crippen LogP contribution >= 0.6 is 11.8 Å². The van der Waals surface area contributed by atoms with E-state index in [1.807, 2.05) is 0 Å². The molecule has 1 aliphatic heterocycles. The molecule has 0 saturated carbocycles. The smallest absolute Gasteiger partial charge is 0.0491 e. The third-order valence-corrected chi connectivity index (χ3v) is 4.96. The summed E-state index contributed by atoms with van der Waals surface area (Å²) in [6.07, 6.45) is 4.54. The molecule has 1 aromatic rings.